The van der Waals surface area contributed by atoms with Crippen LogP contribution in [-0.2, 0) is 0 Å². The summed E-state index contributed by atoms with van der Waals surface area (Å²) in [4.78, 5) is 2.54. The normalized spacial score (nSPS) is 17.3. The average molecular weight is 209 g/mol. The van der Waals surface area contributed by atoms with E-state index >= 15 is 0 Å². The zero-order valence-electron chi connectivity index (χ0n) is 11.0. The van der Waals surface area contributed by atoms with E-state index in [1.54, 1.807) is 0 Å². The number of hydrogen-bond acceptors (Lipinski definition) is 1. The third kappa shape index (κ3) is 6.57. The van der Waals surface area contributed by atoms with Gasteiger partial charge in [-0.3, -0.25) is 0 Å². The molecule has 1 nitrogen and oxygen atoms in total. The van der Waals surface area contributed by atoms with Crippen molar-refractivity contribution in [3.8, 4) is 11.8 Å². The maximum Gasteiger partial charge on any atom is 0.00912 e. The van der Waals surface area contributed by atoms with E-state index in [-0.39, 0.29) is 0 Å². The first-order chi connectivity index (χ1) is 7.36. The molecule has 0 N–H and O–H groups in total. The molecular formula is C14H27N. The summed E-state index contributed by atoms with van der Waals surface area (Å²) in [6, 6.07) is 0. The number of rotatable bonds is 3. The van der Waals surface area contributed by atoms with Crippen molar-refractivity contribution in [2.24, 2.45) is 5.92 Å². The van der Waals surface area contributed by atoms with Crippen molar-refractivity contribution in [2.75, 3.05) is 19.6 Å². The average Bonchev–Trinajstić information content (AvgIpc) is 2.33. The third-order valence-corrected chi connectivity index (χ3v) is 3.01. The van der Waals surface area contributed by atoms with Crippen molar-refractivity contribution >= 4 is 0 Å². The lowest BCUT2D eigenvalue weighted by Gasteiger charge is -2.30. The van der Waals surface area contributed by atoms with Crippen molar-refractivity contribution in [3.05, 3.63) is 0 Å². The van der Waals surface area contributed by atoms with Crippen LogP contribution < -0.4 is 0 Å². The fourth-order valence-corrected chi connectivity index (χ4v) is 1.99. The predicted octanol–water partition coefficient (Wildman–Crippen LogP) is 3.55. The molecule has 88 valence electrons. The summed E-state index contributed by atoms with van der Waals surface area (Å²) in [5, 5.41) is 0. The third-order valence-electron chi connectivity index (χ3n) is 3.01. The maximum absolute atomic E-state index is 3.16. The zero-order chi connectivity index (χ0) is 11.5. The number of likely N-dealkylation sites (tertiary alicyclic amines) is 1. The fraction of sp³-hybridized carbons (Fsp3) is 0.857. The molecule has 0 aromatic carbocycles. The van der Waals surface area contributed by atoms with Crippen molar-refractivity contribution in [1.29, 1.82) is 0 Å². The van der Waals surface area contributed by atoms with Crippen molar-refractivity contribution in [1.82, 2.24) is 4.90 Å². The molecule has 15 heavy (non-hydrogen) atoms. The molecule has 1 aliphatic heterocycles. The second-order valence-corrected chi connectivity index (χ2v) is 3.84. The summed E-state index contributed by atoms with van der Waals surface area (Å²) in [5.74, 6) is 7.07. The van der Waals surface area contributed by atoms with Crippen molar-refractivity contribution < 1.29 is 0 Å². The van der Waals surface area contributed by atoms with E-state index < -0.39 is 0 Å². The zero-order valence-corrected chi connectivity index (χ0v) is 11.0. The SMILES string of the molecule is CC.CC#CCCC1CCN(CC)CC1. The van der Waals surface area contributed by atoms with E-state index in [2.05, 4.69) is 23.7 Å². The molecule has 0 atom stereocenters. The molecule has 0 amide bonds. The molecule has 1 aliphatic rings. The van der Waals surface area contributed by atoms with Gasteiger partial charge in [0.1, 0.15) is 0 Å². The van der Waals surface area contributed by atoms with Gasteiger partial charge in [-0.25, -0.2) is 0 Å². The predicted molar refractivity (Wildman–Crippen MR) is 68.9 cm³/mol. The van der Waals surface area contributed by atoms with E-state index in [9.17, 15) is 0 Å². The summed E-state index contributed by atoms with van der Waals surface area (Å²) in [6.07, 6.45) is 5.20. The van der Waals surface area contributed by atoms with Gasteiger partial charge in [-0.05, 0) is 51.7 Å². The Morgan fingerprint density at radius 3 is 2.27 bits per heavy atom. The van der Waals surface area contributed by atoms with Crippen LogP contribution in [0.5, 0.6) is 0 Å². The number of nitrogens with zero attached hydrogens (tertiary/aromatic N) is 1. The van der Waals surface area contributed by atoms with Crippen LogP contribution in [0.25, 0.3) is 0 Å². The van der Waals surface area contributed by atoms with Crippen molar-refractivity contribution in [3.63, 3.8) is 0 Å². The lowest BCUT2D eigenvalue weighted by molar-refractivity contribution is 0.188. The highest BCUT2D eigenvalue weighted by Gasteiger charge is 2.16. The molecule has 0 aromatic rings. The van der Waals surface area contributed by atoms with Gasteiger partial charge in [0.15, 0.2) is 0 Å². The standard InChI is InChI=1S/C12H21N.C2H6/c1-3-5-6-7-12-8-10-13(4-2)11-9-12;1-2/h12H,4,6-11H2,1-2H3;1-2H3. The van der Waals surface area contributed by atoms with Gasteiger partial charge in [0.25, 0.3) is 0 Å². The lowest BCUT2D eigenvalue weighted by atomic mass is 9.92. The fourth-order valence-electron chi connectivity index (χ4n) is 1.99. The summed E-state index contributed by atoms with van der Waals surface area (Å²) in [7, 11) is 0. The van der Waals surface area contributed by atoms with Crippen LogP contribution >= 0.6 is 0 Å². The minimum atomic E-state index is 0.948. The molecule has 0 bridgehead atoms. The van der Waals surface area contributed by atoms with E-state index in [4.69, 9.17) is 0 Å². The Bertz CT molecular complexity index is 179. The van der Waals surface area contributed by atoms with Crippen LogP contribution in [0, 0.1) is 17.8 Å². The van der Waals surface area contributed by atoms with E-state index in [0.717, 1.165) is 12.3 Å². The molecule has 0 aromatic heterocycles. The maximum atomic E-state index is 3.16. The first kappa shape index (κ1) is 14.5. The summed E-state index contributed by atoms with van der Waals surface area (Å²) in [6.45, 7) is 12.0. The molecule has 1 rings (SSSR count). The smallest absolute Gasteiger partial charge is 0.00912 e. The Balaban J connectivity index is 0.000000921. The van der Waals surface area contributed by atoms with Crippen LogP contribution in [0.4, 0.5) is 0 Å². The minimum Gasteiger partial charge on any atom is -0.304 e. The molecule has 1 saturated heterocycles. The van der Waals surface area contributed by atoms with Gasteiger partial charge >= 0.3 is 0 Å². The second kappa shape index (κ2) is 10.1. The van der Waals surface area contributed by atoms with Gasteiger partial charge in [0.2, 0.25) is 0 Å². The first-order valence-corrected chi connectivity index (χ1v) is 6.48. The van der Waals surface area contributed by atoms with Gasteiger partial charge in [-0.15, -0.1) is 11.8 Å². The quantitative estimate of drug-likeness (QED) is 0.643. The topological polar surface area (TPSA) is 3.24 Å². The molecule has 0 unspecified atom stereocenters. The van der Waals surface area contributed by atoms with Crippen LogP contribution in [-0.4, -0.2) is 24.5 Å². The molecule has 1 fully saturated rings. The summed E-state index contributed by atoms with van der Waals surface area (Å²) < 4.78 is 0. The Morgan fingerprint density at radius 2 is 1.80 bits per heavy atom. The molecule has 0 aliphatic carbocycles. The molecule has 1 heteroatoms. The summed E-state index contributed by atoms with van der Waals surface area (Å²) >= 11 is 0. The van der Waals surface area contributed by atoms with E-state index in [0.29, 0.717) is 0 Å². The van der Waals surface area contributed by atoms with Crippen LogP contribution in [0.15, 0.2) is 0 Å². The Morgan fingerprint density at radius 1 is 1.20 bits per heavy atom. The van der Waals surface area contributed by atoms with Crippen LogP contribution in [0.2, 0.25) is 0 Å². The monoisotopic (exact) mass is 209 g/mol. The minimum absolute atomic E-state index is 0.948. The largest absolute Gasteiger partial charge is 0.304 e. The van der Waals surface area contributed by atoms with Crippen LogP contribution in [0.1, 0.15) is 53.4 Å². The van der Waals surface area contributed by atoms with Gasteiger partial charge < -0.3 is 4.90 Å². The number of piperidine rings is 1. The van der Waals surface area contributed by atoms with E-state index in [1.165, 1.54) is 38.9 Å². The van der Waals surface area contributed by atoms with E-state index in [1.807, 2.05) is 20.8 Å². The lowest BCUT2D eigenvalue weighted by Crippen LogP contribution is -2.33. The molecule has 0 spiro atoms. The Hall–Kier alpha value is -0.480. The molecule has 0 saturated carbocycles. The highest BCUT2D eigenvalue weighted by Crippen LogP contribution is 2.21. The Labute approximate surface area is 96.2 Å². The van der Waals surface area contributed by atoms with Gasteiger partial charge in [-0.1, -0.05) is 20.8 Å². The molecule has 1 heterocycles. The molecular weight excluding hydrogens is 182 g/mol. The van der Waals surface area contributed by atoms with Crippen molar-refractivity contribution in [2.45, 2.75) is 53.4 Å². The Kier molecular flexibility index (Phi) is 9.73. The number of hydrogen-bond donors (Lipinski definition) is 0. The van der Waals surface area contributed by atoms with Gasteiger partial charge in [0.05, 0.1) is 0 Å². The summed E-state index contributed by atoms with van der Waals surface area (Å²) in [5.41, 5.74) is 0. The molecule has 0 radical (unpaired) electrons. The van der Waals surface area contributed by atoms with Gasteiger partial charge in [0, 0.05) is 6.42 Å². The van der Waals surface area contributed by atoms with Gasteiger partial charge in [-0.2, -0.15) is 0 Å². The highest BCUT2D eigenvalue weighted by molar-refractivity contribution is 4.95. The second-order valence-electron chi connectivity index (χ2n) is 3.84. The first-order valence-electron chi connectivity index (χ1n) is 6.48. The van der Waals surface area contributed by atoms with Crippen LogP contribution in [0.3, 0.4) is 0 Å². The highest BCUT2D eigenvalue weighted by atomic mass is 15.1.